The average molecular weight is 367 g/mol. The second kappa shape index (κ2) is 6.44. The van der Waals surface area contributed by atoms with Crippen molar-refractivity contribution in [1.82, 2.24) is 15.1 Å². The predicted molar refractivity (Wildman–Crippen MR) is 99.1 cm³/mol. The number of amides is 3. The minimum atomic E-state index is -0.534. The second-order valence-corrected chi connectivity index (χ2v) is 8.37. The summed E-state index contributed by atoms with van der Waals surface area (Å²) in [6.45, 7) is 2.89. The minimum Gasteiger partial charge on any atom is -0.322 e. The molecule has 0 aromatic heterocycles. The molecule has 3 unspecified atom stereocenters. The molecule has 1 aromatic rings. The lowest BCUT2D eigenvalue weighted by molar-refractivity contribution is -0.136. The number of hydrogen-bond acceptors (Lipinski definition) is 4. The van der Waals surface area contributed by atoms with Crippen molar-refractivity contribution in [2.75, 3.05) is 13.1 Å². The van der Waals surface area contributed by atoms with Crippen LogP contribution in [0.4, 0.5) is 0 Å². The van der Waals surface area contributed by atoms with Gasteiger partial charge in [0.1, 0.15) is 6.04 Å². The van der Waals surface area contributed by atoms with E-state index in [2.05, 4.69) is 22.3 Å². The van der Waals surface area contributed by atoms with Crippen LogP contribution in [0, 0.1) is 0 Å². The standard InChI is InChI=1S/C21H25N3O3/c25-19-6-5-18(20(26)22-19)24-12-15-10-13(3-4-17(15)21(24)27)14-7-9-23-8-1-2-16(23)11-14/h3-4,10,14,16,18H,1-2,5-9,11-12H2,(H,22,25,26). The maximum atomic E-state index is 12.8. The highest BCUT2D eigenvalue weighted by Gasteiger charge is 2.39. The summed E-state index contributed by atoms with van der Waals surface area (Å²) in [5, 5.41) is 2.36. The number of hydrogen-bond donors (Lipinski definition) is 1. The molecule has 0 bridgehead atoms. The molecule has 142 valence electrons. The molecule has 3 atom stereocenters. The van der Waals surface area contributed by atoms with Gasteiger partial charge in [-0.3, -0.25) is 19.7 Å². The van der Waals surface area contributed by atoms with Gasteiger partial charge in [-0.1, -0.05) is 12.1 Å². The first kappa shape index (κ1) is 16.9. The lowest BCUT2D eigenvalue weighted by atomic mass is 9.84. The van der Waals surface area contributed by atoms with E-state index in [4.69, 9.17) is 0 Å². The summed E-state index contributed by atoms with van der Waals surface area (Å²) in [6.07, 6.45) is 5.73. The van der Waals surface area contributed by atoms with Crippen LogP contribution in [0.3, 0.4) is 0 Å². The lowest BCUT2D eigenvalue weighted by Gasteiger charge is -2.35. The van der Waals surface area contributed by atoms with E-state index in [0.29, 0.717) is 30.9 Å². The number of imide groups is 1. The first-order chi connectivity index (χ1) is 13.1. The Morgan fingerprint density at radius 2 is 1.93 bits per heavy atom. The Labute approximate surface area is 158 Å². The molecule has 0 spiro atoms. The molecule has 3 amide bonds. The fraction of sp³-hybridized carbons (Fsp3) is 0.571. The molecule has 6 nitrogen and oxygen atoms in total. The highest BCUT2D eigenvalue weighted by Crippen LogP contribution is 2.38. The summed E-state index contributed by atoms with van der Waals surface area (Å²) in [6, 6.07) is 6.43. The third-order valence-corrected chi connectivity index (χ3v) is 6.84. The number of rotatable bonds is 2. The van der Waals surface area contributed by atoms with Crippen molar-refractivity contribution in [3.63, 3.8) is 0 Å². The molecule has 4 heterocycles. The zero-order valence-electron chi connectivity index (χ0n) is 15.4. The molecule has 0 radical (unpaired) electrons. The van der Waals surface area contributed by atoms with Crippen LogP contribution in [0.5, 0.6) is 0 Å². The summed E-state index contributed by atoms with van der Waals surface area (Å²) in [7, 11) is 0. The zero-order valence-corrected chi connectivity index (χ0v) is 15.4. The Morgan fingerprint density at radius 3 is 2.78 bits per heavy atom. The van der Waals surface area contributed by atoms with Crippen LogP contribution in [0.2, 0.25) is 0 Å². The molecule has 3 saturated heterocycles. The summed E-state index contributed by atoms with van der Waals surface area (Å²) in [4.78, 5) is 40.6. The molecule has 4 aliphatic heterocycles. The van der Waals surface area contributed by atoms with E-state index in [1.54, 1.807) is 4.90 Å². The summed E-state index contributed by atoms with van der Waals surface area (Å²) >= 11 is 0. The smallest absolute Gasteiger partial charge is 0.255 e. The zero-order chi connectivity index (χ0) is 18.5. The summed E-state index contributed by atoms with van der Waals surface area (Å²) < 4.78 is 0. The number of carbonyl (C=O) groups excluding carboxylic acids is 3. The van der Waals surface area contributed by atoms with Crippen molar-refractivity contribution in [2.24, 2.45) is 0 Å². The van der Waals surface area contributed by atoms with Gasteiger partial charge in [-0.15, -0.1) is 0 Å². The Hall–Kier alpha value is -2.21. The van der Waals surface area contributed by atoms with Crippen LogP contribution in [0.1, 0.15) is 65.9 Å². The van der Waals surface area contributed by atoms with Crippen molar-refractivity contribution in [1.29, 1.82) is 0 Å². The Bertz CT molecular complexity index is 821. The average Bonchev–Trinajstić information content (AvgIpc) is 3.25. The van der Waals surface area contributed by atoms with Gasteiger partial charge in [0.05, 0.1) is 0 Å². The third kappa shape index (κ3) is 2.87. The van der Waals surface area contributed by atoms with Crippen LogP contribution < -0.4 is 5.32 Å². The molecule has 0 aliphatic carbocycles. The van der Waals surface area contributed by atoms with Crippen LogP contribution in [0.15, 0.2) is 18.2 Å². The molecular formula is C21H25N3O3. The first-order valence-electron chi connectivity index (χ1n) is 10.1. The predicted octanol–water partition coefficient (Wildman–Crippen LogP) is 1.79. The van der Waals surface area contributed by atoms with Gasteiger partial charge in [-0.25, -0.2) is 0 Å². The molecule has 4 aliphatic rings. The van der Waals surface area contributed by atoms with Crippen LogP contribution >= 0.6 is 0 Å². The molecule has 1 N–H and O–H groups in total. The fourth-order valence-electron chi connectivity index (χ4n) is 5.38. The highest BCUT2D eigenvalue weighted by atomic mass is 16.2. The van der Waals surface area contributed by atoms with E-state index in [0.717, 1.165) is 11.6 Å². The molecule has 3 fully saturated rings. The number of benzene rings is 1. The van der Waals surface area contributed by atoms with Gasteiger partial charge < -0.3 is 9.80 Å². The van der Waals surface area contributed by atoms with Crippen molar-refractivity contribution in [3.8, 4) is 0 Å². The maximum absolute atomic E-state index is 12.8. The van der Waals surface area contributed by atoms with E-state index in [9.17, 15) is 14.4 Å². The van der Waals surface area contributed by atoms with Gasteiger partial charge in [0, 0.05) is 24.6 Å². The Kier molecular flexibility index (Phi) is 4.04. The minimum absolute atomic E-state index is 0.0864. The number of nitrogens with zero attached hydrogens (tertiary/aromatic N) is 2. The third-order valence-electron chi connectivity index (χ3n) is 6.84. The number of fused-ring (bicyclic) bond motifs is 2. The fourth-order valence-corrected chi connectivity index (χ4v) is 5.38. The van der Waals surface area contributed by atoms with Gasteiger partial charge in [0.2, 0.25) is 11.8 Å². The normalized spacial score (nSPS) is 31.0. The quantitative estimate of drug-likeness (QED) is 0.809. The van der Waals surface area contributed by atoms with E-state index >= 15 is 0 Å². The van der Waals surface area contributed by atoms with Crippen molar-refractivity contribution >= 4 is 17.7 Å². The van der Waals surface area contributed by atoms with Gasteiger partial charge >= 0.3 is 0 Å². The van der Waals surface area contributed by atoms with Gasteiger partial charge in [-0.2, -0.15) is 0 Å². The summed E-state index contributed by atoms with van der Waals surface area (Å²) in [5.74, 6) is -0.117. The Balaban J connectivity index is 1.35. The van der Waals surface area contributed by atoms with Crippen molar-refractivity contribution < 1.29 is 14.4 Å². The van der Waals surface area contributed by atoms with E-state index in [1.807, 2.05) is 6.07 Å². The first-order valence-corrected chi connectivity index (χ1v) is 10.1. The van der Waals surface area contributed by atoms with Gasteiger partial charge in [0.25, 0.3) is 5.91 Å². The maximum Gasteiger partial charge on any atom is 0.255 e. The van der Waals surface area contributed by atoms with E-state index in [1.165, 1.54) is 44.3 Å². The monoisotopic (exact) mass is 367 g/mol. The summed E-state index contributed by atoms with van der Waals surface area (Å²) in [5.41, 5.74) is 3.07. The molecule has 6 heteroatoms. The number of piperidine rings is 2. The molecule has 1 aromatic carbocycles. The number of nitrogens with one attached hydrogen (secondary N) is 1. The lowest BCUT2D eigenvalue weighted by Crippen LogP contribution is -2.52. The largest absolute Gasteiger partial charge is 0.322 e. The molecule has 0 saturated carbocycles. The molecule has 27 heavy (non-hydrogen) atoms. The van der Waals surface area contributed by atoms with E-state index in [-0.39, 0.29) is 17.7 Å². The Morgan fingerprint density at radius 1 is 1.04 bits per heavy atom. The van der Waals surface area contributed by atoms with Gasteiger partial charge in [-0.05, 0) is 68.3 Å². The van der Waals surface area contributed by atoms with Crippen molar-refractivity contribution in [2.45, 2.75) is 63.1 Å². The van der Waals surface area contributed by atoms with Crippen LogP contribution in [-0.4, -0.2) is 52.7 Å². The molecular weight excluding hydrogens is 342 g/mol. The number of carbonyl (C=O) groups is 3. The van der Waals surface area contributed by atoms with Gasteiger partial charge in [0.15, 0.2) is 0 Å². The highest BCUT2D eigenvalue weighted by molar-refractivity contribution is 6.05. The van der Waals surface area contributed by atoms with Crippen LogP contribution in [-0.2, 0) is 16.1 Å². The van der Waals surface area contributed by atoms with E-state index < -0.39 is 6.04 Å². The second-order valence-electron chi connectivity index (χ2n) is 8.37. The SMILES string of the molecule is O=C1CCC(N2Cc3cc(C4CCN5CCCC5C4)ccc3C2=O)C(=O)N1. The van der Waals surface area contributed by atoms with Crippen LogP contribution in [0.25, 0.3) is 0 Å². The topological polar surface area (TPSA) is 69.7 Å². The molecule has 5 rings (SSSR count). The van der Waals surface area contributed by atoms with Crippen molar-refractivity contribution in [3.05, 3.63) is 34.9 Å².